The lowest BCUT2D eigenvalue weighted by atomic mass is 10.1. The molecule has 1 heterocycles. The Balaban J connectivity index is 2.46. The van der Waals surface area contributed by atoms with E-state index in [-0.39, 0.29) is 5.84 Å². The Kier molecular flexibility index (Phi) is 4.43. The molecule has 2 rings (SSSR count). The van der Waals surface area contributed by atoms with Crippen molar-refractivity contribution in [1.29, 1.82) is 5.41 Å². The molecule has 3 nitrogen and oxygen atoms in total. The summed E-state index contributed by atoms with van der Waals surface area (Å²) in [5.74, 6) is 1.77. The second-order valence-corrected chi connectivity index (χ2v) is 5.79. The van der Waals surface area contributed by atoms with Crippen LogP contribution in [0.3, 0.4) is 0 Å². The van der Waals surface area contributed by atoms with Gasteiger partial charge in [0, 0.05) is 27.8 Å². The Labute approximate surface area is 118 Å². The van der Waals surface area contributed by atoms with Crippen LogP contribution >= 0.6 is 11.8 Å². The van der Waals surface area contributed by atoms with E-state index in [9.17, 15) is 0 Å². The molecule has 0 aliphatic heterocycles. The van der Waals surface area contributed by atoms with E-state index in [1.807, 2.05) is 24.3 Å². The highest BCUT2D eigenvalue weighted by molar-refractivity contribution is 7.99. The van der Waals surface area contributed by atoms with Crippen molar-refractivity contribution in [3.8, 4) is 0 Å². The maximum absolute atomic E-state index is 7.71. The number of benzene rings is 1. The summed E-state index contributed by atoms with van der Waals surface area (Å²) in [7, 11) is 0. The highest BCUT2D eigenvalue weighted by Gasteiger charge is 2.12. The highest BCUT2D eigenvalue weighted by atomic mass is 32.2. The maximum atomic E-state index is 7.71. The molecule has 1 atom stereocenters. The lowest BCUT2D eigenvalue weighted by Crippen LogP contribution is -2.13. The molecule has 1 unspecified atom stereocenters. The Morgan fingerprint density at radius 2 is 2.16 bits per heavy atom. The number of amidine groups is 1. The fourth-order valence-electron chi connectivity index (χ4n) is 1.81. The third kappa shape index (κ3) is 3.07. The minimum absolute atomic E-state index is 0.0879. The van der Waals surface area contributed by atoms with Gasteiger partial charge in [0.2, 0.25) is 0 Å². The zero-order valence-electron chi connectivity index (χ0n) is 11.3. The largest absolute Gasteiger partial charge is 0.384 e. The Morgan fingerprint density at radius 1 is 1.42 bits per heavy atom. The summed E-state index contributed by atoms with van der Waals surface area (Å²) in [5.41, 5.74) is 7.37. The topological polar surface area (TPSA) is 62.8 Å². The monoisotopic (exact) mass is 273 g/mol. The van der Waals surface area contributed by atoms with Crippen LogP contribution in [0, 0.1) is 11.3 Å². The van der Waals surface area contributed by atoms with E-state index < -0.39 is 0 Å². The molecule has 0 aliphatic carbocycles. The van der Waals surface area contributed by atoms with E-state index in [0.717, 1.165) is 33.5 Å². The van der Waals surface area contributed by atoms with Crippen molar-refractivity contribution in [3.05, 3.63) is 36.0 Å². The smallest absolute Gasteiger partial charge is 0.125 e. The first-order valence-electron chi connectivity index (χ1n) is 6.48. The van der Waals surface area contributed by atoms with Crippen LogP contribution in [-0.2, 0) is 0 Å². The van der Waals surface area contributed by atoms with Gasteiger partial charge in [-0.3, -0.25) is 10.4 Å². The average molecular weight is 273 g/mol. The van der Waals surface area contributed by atoms with E-state index >= 15 is 0 Å². The molecular formula is C15H19N3S. The average Bonchev–Trinajstić information content (AvgIpc) is 2.43. The van der Waals surface area contributed by atoms with E-state index in [2.05, 4.69) is 18.8 Å². The second-order valence-electron chi connectivity index (χ2n) is 4.76. The van der Waals surface area contributed by atoms with Crippen LogP contribution in [0.1, 0.15) is 25.8 Å². The summed E-state index contributed by atoms with van der Waals surface area (Å²) in [6.07, 6.45) is 2.87. The summed E-state index contributed by atoms with van der Waals surface area (Å²) >= 11 is 1.78. The number of nitrogens with one attached hydrogen (secondary N) is 1. The zero-order chi connectivity index (χ0) is 13.8. The van der Waals surface area contributed by atoms with E-state index in [1.54, 1.807) is 18.0 Å². The first-order chi connectivity index (χ1) is 9.13. The van der Waals surface area contributed by atoms with Crippen LogP contribution in [0.25, 0.3) is 10.9 Å². The molecule has 0 spiro atoms. The van der Waals surface area contributed by atoms with Crippen LogP contribution in [0.2, 0.25) is 0 Å². The molecule has 0 fully saturated rings. The van der Waals surface area contributed by atoms with Crippen LogP contribution in [-0.4, -0.2) is 16.6 Å². The molecule has 1 aromatic carbocycles. The molecule has 0 saturated carbocycles. The number of aromatic nitrogens is 1. The molecule has 19 heavy (non-hydrogen) atoms. The lowest BCUT2D eigenvalue weighted by Gasteiger charge is -2.13. The van der Waals surface area contributed by atoms with Gasteiger partial charge < -0.3 is 5.73 Å². The van der Waals surface area contributed by atoms with Gasteiger partial charge in [0.05, 0.1) is 5.52 Å². The fourth-order valence-corrected chi connectivity index (χ4v) is 3.14. The number of hydrogen-bond acceptors (Lipinski definition) is 3. The van der Waals surface area contributed by atoms with E-state index in [1.165, 1.54) is 0 Å². The van der Waals surface area contributed by atoms with Gasteiger partial charge in [0.15, 0.2) is 0 Å². The number of para-hydroxylation sites is 1. The van der Waals surface area contributed by atoms with Crippen molar-refractivity contribution >= 4 is 28.5 Å². The number of thioether (sulfide) groups is 1. The fraction of sp³-hybridized carbons (Fsp3) is 0.333. The number of pyridine rings is 1. The van der Waals surface area contributed by atoms with Crippen LogP contribution in [0.5, 0.6) is 0 Å². The normalized spacial score (nSPS) is 12.5. The van der Waals surface area contributed by atoms with Crippen molar-refractivity contribution in [3.63, 3.8) is 0 Å². The maximum Gasteiger partial charge on any atom is 0.125 e. The molecule has 0 radical (unpaired) electrons. The van der Waals surface area contributed by atoms with Gasteiger partial charge in [-0.05, 0) is 12.0 Å². The number of nitrogens with zero attached hydrogens (tertiary/aromatic N) is 1. The molecule has 100 valence electrons. The molecule has 0 amide bonds. The summed E-state index contributed by atoms with van der Waals surface area (Å²) in [4.78, 5) is 5.46. The summed E-state index contributed by atoms with van der Waals surface area (Å²) in [5, 5.41) is 8.79. The number of rotatable bonds is 5. The first kappa shape index (κ1) is 13.9. The third-order valence-electron chi connectivity index (χ3n) is 3.23. The minimum Gasteiger partial charge on any atom is -0.384 e. The van der Waals surface area contributed by atoms with Gasteiger partial charge in [-0.2, -0.15) is 0 Å². The Morgan fingerprint density at radius 3 is 2.84 bits per heavy atom. The van der Waals surface area contributed by atoms with Crippen molar-refractivity contribution in [1.82, 2.24) is 4.98 Å². The summed E-state index contributed by atoms with van der Waals surface area (Å²) in [6, 6.07) is 8.02. The van der Waals surface area contributed by atoms with Gasteiger partial charge in [-0.1, -0.05) is 38.5 Å². The van der Waals surface area contributed by atoms with Crippen molar-refractivity contribution < 1.29 is 0 Å². The van der Waals surface area contributed by atoms with Gasteiger partial charge in [0.25, 0.3) is 0 Å². The Bertz CT molecular complexity index is 595. The molecule has 3 N–H and O–H groups in total. The SMILES string of the molecule is CCC(C)CSc1c(C(=N)N)cnc2ccccc12. The number of nitrogens with two attached hydrogens (primary N) is 1. The number of fused-ring (bicyclic) bond motifs is 1. The molecule has 1 aromatic heterocycles. The first-order valence-corrected chi connectivity index (χ1v) is 7.47. The summed E-state index contributed by atoms with van der Waals surface area (Å²) < 4.78 is 0. The van der Waals surface area contributed by atoms with E-state index in [4.69, 9.17) is 11.1 Å². The zero-order valence-corrected chi connectivity index (χ0v) is 12.1. The third-order valence-corrected chi connectivity index (χ3v) is 4.69. The van der Waals surface area contributed by atoms with Crippen molar-refractivity contribution in [2.75, 3.05) is 5.75 Å². The second kappa shape index (κ2) is 6.06. The molecule has 2 aromatic rings. The number of hydrogen-bond donors (Lipinski definition) is 2. The molecule has 0 saturated heterocycles. The van der Waals surface area contributed by atoms with Gasteiger partial charge in [0.1, 0.15) is 5.84 Å². The van der Waals surface area contributed by atoms with Crippen molar-refractivity contribution in [2.45, 2.75) is 25.2 Å². The Hall–Kier alpha value is -1.55. The van der Waals surface area contributed by atoms with E-state index in [0.29, 0.717) is 5.92 Å². The molecular weight excluding hydrogens is 254 g/mol. The van der Waals surface area contributed by atoms with Gasteiger partial charge >= 0.3 is 0 Å². The summed E-state index contributed by atoms with van der Waals surface area (Å²) in [6.45, 7) is 4.44. The highest BCUT2D eigenvalue weighted by Crippen LogP contribution is 2.31. The molecule has 4 heteroatoms. The predicted molar refractivity (Wildman–Crippen MR) is 82.9 cm³/mol. The van der Waals surface area contributed by atoms with Gasteiger partial charge in [-0.25, -0.2) is 0 Å². The van der Waals surface area contributed by atoms with Crippen LogP contribution < -0.4 is 5.73 Å². The molecule has 0 aliphatic rings. The predicted octanol–water partition coefficient (Wildman–Crippen LogP) is 3.66. The lowest BCUT2D eigenvalue weighted by molar-refractivity contribution is 0.637. The van der Waals surface area contributed by atoms with Gasteiger partial charge in [-0.15, -0.1) is 11.8 Å². The van der Waals surface area contributed by atoms with Crippen LogP contribution in [0.15, 0.2) is 35.4 Å². The van der Waals surface area contributed by atoms with Crippen molar-refractivity contribution in [2.24, 2.45) is 11.7 Å². The quantitative estimate of drug-likeness (QED) is 0.496. The molecule has 0 bridgehead atoms. The number of nitrogen functional groups attached to an aromatic ring is 1. The van der Waals surface area contributed by atoms with Crippen LogP contribution in [0.4, 0.5) is 0 Å². The minimum atomic E-state index is 0.0879. The standard InChI is InChI=1S/C15H19N3S/c1-3-10(2)9-19-14-11-6-4-5-7-13(11)18-8-12(14)15(16)17/h4-8,10H,3,9H2,1-2H3,(H3,16,17).